The highest BCUT2D eigenvalue weighted by atomic mass is 35.5. The average molecular weight is 293 g/mol. The maximum Gasteiger partial charge on any atom is 0.123 e. The van der Waals surface area contributed by atoms with Crippen molar-refractivity contribution in [3.8, 4) is 0 Å². The number of pyridine rings is 1. The number of aromatic nitrogens is 1. The van der Waals surface area contributed by atoms with Gasteiger partial charge in [0.15, 0.2) is 0 Å². The van der Waals surface area contributed by atoms with Crippen molar-refractivity contribution in [2.24, 2.45) is 0 Å². The molecule has 2 nitrogen and oxygen atoms in total. The summed E-state index contributed by atoms with van der Waals surface area (Å²) in [4.78, 5) is 4.50. The smallest absolute Gasteiger partial charge is 0.123 e. The number of rotatable bonds is 4. The van der Waals surface area contributed by atoms with Gasteiger partial charge in [0.05, 0.1) is 11.7 Å². The van der Waals surface area contributed by atoms with Gasteiger partial charge in [0.1, 0.15) is 5.82 Å². The summed E-state index contributed by atoms with van der Waals surface area (Å²) in [5, 5.41) is 3.87. The van der Waals surface area contributed by atoms with Crippen LogP contribution in [0.4, 0.5) is 4.39 Å². The first-order chi connectivity index (χ1) is 9.52. The summed E-state index contributed by atoms with van der Waals surface area (Å²) < 4.78 is 13.5. The summed E-state index contributed by atoms with van der Waals surface area (Å²) >= 11 is 6.23. The van der Waals surface area contributed by atoms with Gasteiger partial charge in [-0.05, 0) is 55.3 Å². The van der Waals surface area contributed by atoms with Crippen LogP contribution >= 0.6 is 11.6 Å². The highest BCUT2D eigenvalue weighted by Gasteiger charge is 2.20. The zero-order valence-electron chi connectivity index (χ0n) is 11.9. The lowest BCUT2D eigenvalue weighted by Crippen LogP contribution is -2.24. The molecule has 1 N–H and O–H groups in total. The molecular formula is C16H18ClFN2. The second-order valence-corrected chi connectivity index (χ2v) is 5.28. The van der Waals surface area contributed by atoms with Crippen molar-refractivity contribution in [3.05, 3.63) is 63.7 Å². The Morgan fingerprint density at radius 1 is 1.30 bits per heavy atom. The molecule has 2 rings (SSSR count). The Balaban J connectivity index is 2.53. The molecule has 0 fully saturated rings. The SMILES string of the molecule is CCNC(c1cc(F)ccc1Cl)c1ncc(C)cc1C. The van der Waals surface area contributed by atoms with E-state index in [1.54, 1.807) is 6.07 Å². The van der Waals surface area contributed by atoms with E-state index in [0.717, 1.165) is 23.4 Å². The van der Waals surface area contributed by atoms with Gasteiger partial charge in [0.25, 0.3) is 0 Å². The first-order valence-corrected chi connectivity index (χ1v) is 7.02. The number of nitrogens with zero attached hydrogens (tertiary/aromatic N) is 1. The monoisotopic (exact) mass is 292 g/mol. The summed E-state index contributed by atoms with van der Waals surface area (Å²) in [6.45, 7) is 6.75. The summed E-state index contributed by atoms with van der Waals surface area (Å²) in [5.74, 6) is -0.294. The van der Waals surface area contributed by atoms with E-state index in [0.29, 0.717) is 10.6 Å². The molecule has 20 heavy (non-hydrogen) atoms. The molecule has 1 atom stereocenters. The maximum absolute atomic E-state index is 13.5. The van der Waals surface area contributed by atoms with E-state index < -0.39 is 0 Å². The van der Waals surface area contributed by atoms with Gasteiger partial charge >= 0.3 is 0 Å². The van der Waals surface area contributed by atoms with E-state index in [1.807, 2.05) is 27.0 Å². The topological polar surface area (TPSA) is 24.9 Å². The molecule has 0 saturated carbocycles. The molecule has 0 amide bonds. The third-order valence-corrected chi connectivity index (χ3v) is 3.55. The normalized spacial score (nSPS) is 12.4. The molecule has 0 aliphatic rings. The van der Waals surface area contributed by atoms with Gasteiger partial charge in [-0.3, -0.25) is 4.98 Å². The molecule has 0 radical (unpaired) electrons. The Bertz CT molecular complexity index is 613. The quantitative estimate of drug-likeness (QED) is 0.914. The second kappa shape index (κ2) is 6.33. The molecule has 0 aliphatic carbocycles. The number of halogens is 2. The minimum absolute atomic E-state index is 0.205. The molecule has 0 aliphatic heterocycles. The van der Waals surface area contributed by atoms with Crippen LogP contribution in [0.15, 0.2) is 30.5 Å². The zero-order chi connectivity index (χ0) is 14.7. The van der Waals surface area contributed by atoms with Gasteiger partial charge in [0.2, 0.25) is 0 Å². The Hall–Kier alpha value is -1.45. The van der Waals surface area contributed by atoms with Crippen LogP contribution in [0, 0.1) is 19.7 Å². The van der Waals surface area contributed by atoms with Crippen molar-refractivity contribution in [1.82, 2.24) is 10.3 Å². The van der Waals surface area contributed by atoms with Crippen molar-refractivity contribution in [1.29, 1.82) is 0 Å². The molecular weight excluding hydrogens is 275 g/mol. The molecule has 1 heterocycles. The minimum atomic E-state index is -0.294. The van der Waals surface area contributed by atoms with Gasteiger partial charge < -0.3 is 5.32 Å². The molecule has 106 valence electrons. The Kier molecular flexibility index (Phi) is 4.73. The number of hydrogen-bond acceptors (Lipinski definition) is 2. The van der Waals surface area contributed by atoms with Gasteiger partial charge in [-0.25, -0.2) is 4.39 Å². The summed E-state index contributed by atoms with van der Waals surface area (Å²) in [5.41, 5.74) is 3.76. The van der Waals surface area contributed by atoms with Crippen LogP contribution in [0.5, 0.6) is 0 Å². The Morgan fingerprint density at radius 2 is 2.05 bits per heavy atom. The van der Waals surface area contributed by atoms with Gasteiger partial charge in [-0.1, -0.05) is 24.6 Å². The van der Waals surface area contributed by atoms with Crippen LogP contribution in [-0.4, -0.2) is 11.5 Å². The van der Waals surface area contributed by atoms with Crippen molar-refractivity contribution in [2.45, 2.75) is 26.8 Å². The summed E-state index contributed by atoms with van der Waals surface area (Å²) in [6, 6.07) is 6.28. The van der Waals surface area contributed by atoms with Crippen molar-refractivity contribution in [2.75, 3.05) is 6.54 Å². The van der Waals surface area contributed by atoms with Crippen LogP contribution in [0.3, 0.4) is 0 Å². The summed E-state index contributed by atoms with van der Waals surface area (Å²) in [7, 11) is 0. The first-order valence-electron chi connectivity index (χ1n) is 6.64. The standard InChI is InChI=1S/C16H18ClFN2/c1-4-19-16(13-8-12(18)5-6-14(13)17)15-11(3)7-10(2)9-20-15/h5-9,16,19H,4H2,1-3H3. The minimum Gasteiger partial charge on any atom is -0.305 e. The van der Waals surface area contributed by atoms with E-state index in [1.165, 1.54) is 12.1 Å². The van der Waals surface area contributed by atoms with Crippen LogP contribution in [0.1, 0.15) is 35.3 Å². The third kappa shape index (κ3) is 3.17. The fraction of sp³-hybridized carbons (Fsp3) is 0.312. The van der Waals surface area contributed by atoms with Gasteiger partial charge in [-0.2, -0.15) is 0 Å². The fourth-order valence-corrected chi connectivity index (χ4v) is 2.55. The Labute approximate surface area is 124 Å². The molecule has 2 aromatic rings. The lowest BCUT2D eigenvalue weighted by atomic mass is 9.99. The lowest BCUT2D eigenvalue weighted by molar-refractivity contribution is 0.593. The number of benzene rings is 1. The number of hydrogen-bond donors (Lipinski definition) is 1. The van der Waals surface area contributed by atoms with E-state index in [9.17, 15) is 4.39 Å². The van der Waals surface area contributed by atoms with E-state index in [2.05, 4.69) is 16.4 Å². The van der Waals surface area contributed by atoms with Gasteiger partial charge in [0, 0.05) is 11.2 Å². The van der Waals surface area contributed by atoms with Crippen LogP contribution in [0.25, 0.3) is 0 Å². The van der Waals surface area contributed by atoms with Crippen LogP contribution < -0.4 is 5.32 Å². The third-order valence-electron chi connectivity index (χ3n) is 3.21. The van der Waals surface area contributed by atoms with Crippen molar-refractivity contribution >= 4 is 11.6 Å². The zero-order valence-corrected chi connectivity index (χ0v) is 12.6. The maximum atomic E-state index is 13.5. The van der Waals surface area contributed by atoms with Gasteiger partial charge in [-0.15, -0.1) is 0 Å². The average Bonchev–Trinajstić information content (AvgIpc) is 2.40. The molecule has 4 heteroatoms. The largest absolute Gasteiger partial charge is 0.305 e. The van der Waals surface area contributed by atoms with Crippen molar-refractivity contribution < 1.29 is 4.39 Å². The molecule has 0 saturated heterocycles. The Morgan fingerprint density at radius 3 is 2.70 bits per heavy atom. The van der Waals surface area contributed by atoms with E-state index >= 15 is 0 Å². The van der Waals surface area contributed by atoms with E-state index in [-0.39, 0.29) is 11.9 Å². The second-order valence-electron chi connectivity index (χ2n) is 4.87. The number of aryl methyl sites for hydroxylation is 2. The van der Waals surface area contributed by atoms with Crippen molar-refractivity contribution in [3.63, 3.8) is 0 Å². The van der Waals surface area contributed by atoms with Crippen LogP contribution in [-0.2, 0) is 0 Å². The molecule has 0 spiro atoms. The highest BCUT2D eigenvalue weighted by Crippen LogP contribution is 2.29. The highest BCUT2D eigenvalue weighted by molar-refractivity contribution is 6.31. The first kappa shape index (κ1) is 14.9. The molecule has 1 aromatic carbocycles. The van der Waals surface area contributed by atoms with Crippen LogP contribution in [0.2, 0.25) is 5.02 Å². The van der Waals surface area contributed by atoms with E-state index in [4.69, 9.17) is 11.6 Å². The molecule has 1 aromatic heterocycles. The summed E-state index contributed by atoms with van der Waals surface area (Å²) in [6.07, 6.45) is 1.82. The number of nitrogens with one attached hydrogen (secondary N) is 1. The molecule has 0 bridgehead atoms. The fourth-order valence-electron chi connectivity index (χ4n) is 2.32. The predicted octanol–water partition coefficient (Wildman–Crippen LogP) is 4.19. The molecule has 1 unspecified atom stereocenters. The lowest BCUT2D eigenvalue weighted by Gasteiger charge is -2.21. The predicted molar refractivity (Wildman–Crippen MR) is 80.6 cm³/mol.